The highest BCUT2D eigenvalue weighted by atomic mass is 16.2. The average Bonchev–Trinajstić information content (AvgIpc) is 3.12. The van der Waals surface area contributed by atoms with Gasteiger partial charge in [-0.05, 0) is 50.4 Å². The lowest BCUT2D eigenvalue weighted by Gasteiger charge is -2.48. The van der Waals surface area contributed by atoms with Crippen LogP contribution in [0.3, 0.4) is 0 Å². The number of carbonyl (C=O) groups is 2. The van der Waals surface area contributed by atoms with Crippen LogP contribution in [0.2, 0.25) is 0 Å². The smallest absolute Gasteiger partial charge is 0.246 e. The lowest BCUT2D eigenvalue weighted by molar-refractivity contribution is -0.156. The molecule has 0 radical (unpaired) electrons. The van der Waals surface area contributed by atoms with Crippen molar-refractivity contribution in [3.05, 3.63) is 0 Å². The van der Waals surface area contributed by atoms with Crippen LogP contribution in [-0.4, -0.2) is 34.8 Å². The molecule has 4 nitrogen and oxygen atoms in total. The summed E-state index contributed by atoms with van der Waals surface area (Å²) in [5, 5.41) is 2.99. The predicted molar refractivity (Wildman–Crippen MR) is 76.9 cm³/mol. The number of hydrogen-bond acceptors (Lipinski definition) is 2. The van der Waals surface area contributed by atoms with Crippen LogP contribution in [0.4, 0.5) is 0 Å². The van der Waals surface area contributed by atoms with Crippen molar-refractivity contribution in [3.63, 3.8) is 0 Å². The Morgan fingerprint density at radius 1 is 1.10 bits per heavy atom. The van der Waals surface area contributed by atoms with Crippen LogP contribution in [0.15, 0.2) is 0 Å². The van der Waals surface area contributed by atoms with Crippen LogP contribution in [0.1, 0.15) is 52.9 Å². The Balaban J connectivity index is 1.85. The van der Waals surface area contributed by atoms with Crippen molar-refractivity contribution in [1.82, 2.24) is 10.2 Å². The van der Waals surface area contributed by atoms with E-state index in [1.807, 2.05) is 18.7 Å². The number of nitrogens with zero attached hydrogens (tertiary/aromatic N) is 1. The number of rotatable bonds is 4. The minimum Gasteiger partial charge on any atom is -0.342 e. The highest BCUT2D eigenvalue weighted by Crippen LogP contribution is 2.39. The van der Waals surface area contributed by atoms with Crippen LogP contribution in [0.5, 0.6) is 0 Å². The van der Waals surface area contributed by atoms with E-state index in [9.17, 15) is 9.59 Å². The fourth-order valence-corrected chi connectivity index (χ4v) is 3.70. The van der Waals surface area contributed by atoms with Crippen molar-refractivity contribution >= 4 is 11.8 Å². The third kappa shape index (κ3) is 2.23. The highest BCUT2D eigenvalue weighted by molar-refractivity contribution is 5.97. The number of amides is 2. The molecule has 3 fully saturated rings. The fraction of sp³-hybridized carbons (Fsp3) is 0.875. The largest absolute Gasteiger partial charge is 0.342 e. The van der Waals surface area contributed by atoms with E-state index in [-0.39, 0.29) is 35.9 Å². The zero-order chi connectivity index (χ0) is 14.4. The van der Waals surface area contributed by atoms with Crippen molar-refractivity contribution in [2.45, 2.75) is 71.0 Å². The first-order valence-electron chi connectivity index (χ1n) is 8.13. The van der Waals surface area contributed by atoms with Gasteiger partial charge in [-0.2, -0.15) is 0 Å². The monoisotopic (exact) mass is 278 g/mol. The maximum Gasteiger partial charge on any atom is 0.246 e. The lowest BCUT2D eigenvalue weighted by Crippen LogP contribution is -2.68. The molecular weight excluding hydrogens is 252 g/mol. The van der Waals surface area contributed by atoms with Crippen LogP contribution in [0, 0.1) is 17.8 Å². The minimum atomic E-state index is -0.284. The van der Waals surface area contributed by atoms with Gasteiger partial charge in [0.25, 0.3) is 0 Å². The molecule has 20 heavy (non-hydrogen) atoms. The van der Waals surface area contributed by atoms with Crippen molar-refractivity contribution in [1.29, 1.82) is 0 Å². The second kappa shape index (κ2) is 5.05. The number of hydrogen-bond donors (Lipinski definition) is 1. The minimum absolute atomic E-state index is 0.0580. The van der Waals surface area contributed by atoms with Crippen molar-refractivity contribution < 1.29 is 9.59 Å². The molecule has 2 saturated carbocycles. The maximum absolute atomic E-state index is 12.9. The molecule has 0 spiro atoms. The fourth-order valence-electron chi connectivity index (χ4n) is 3.70. The van der Waals surface area contributed by atoms with E-state index in [2.05, 4.69) is 12.2 Å². The van der Waals surface area contributed by atoms with E-state index in [1.165, 1.54) is 19.3 Å². The third-order valence-electron chi connectivity index (χ3n) is 5.38. The van der Waals surface area contributed by atoms with E-state index in [1.54, 1.807) is 0 Å². The van der Waals surface area contributed by atoms with E-state index in [0.717, 1.165) is 12.8 Å². The van der Waals surface area contributed by atoms with E-state index in [4.69, 9.17) is 0 Å². The summed E-state index contributed by atoms with van der Waals surface area (Å²) < 4.78 is 0. The van der Waals surface area contributed by atoms with Gasteiger partial charge in [0.2, 0.25) is 11.8 Å². The number of nitrogens with one attached hydrogen (secondary N) is 1. The van der Waals surface area contributed by atoms with Crippen molar-refractivity contribution in [2.75, 3.05) is 0 Å². The van der Waals surface area contributed by atoms with Gasteiger partial charge in [-0.25, -0.2) is 0 Å². The first-order valence-corrected chi connectivity index (χ1v) is 8.13. The molecule has 0 bridgehead atoms. The summed E-state index contributed by atoms with van der Waals surface area (Å²) in [5.41, 5.74) is 0. The van der Waals surface area contributed by atoms with Crippen LogP contribution in [0.25, 0.3) is 0 Å². The number of carbonyl (C=O) groups excluding carboxylic acids is 2. The zero-order valence-corrected chi connectivity index (χ0v) is 12.8. The Morgan fingerprint density at radius 3 is 2.20 bits per heavy atom. The van der Waals surface area contributed by atoms with Gasteiger partial charge in [0, 0.05) is 6.04 Å². The highest BCUT2D eigenvalue weighted by Gasteiger charge is 2.50. The Hall–Kier alpha value is -1.06. The van der Waals surface area contributed by atoms with Crippen molar-refractivity contribution in [2.24, 2.45) is 17.8 Å². The molecule has 0 aromatic rings. The molecule has 3 aliphatic rings. The standard InChI is InChI=1S/C16H26N2O2/c1-9(2)14-15(19)17-13(12-7-8-12)16(20)18(14)10(3)11-5-4-6-11/h9-14H,4-8H2,1-3H3,(H,17,19). The third-order valence-corrected chi connectivity index (χ3v) is 5.38. The first-order chi connectivity index (χ1) is 9.50. The second-order valence-corrected chi connectivity index (χ2v) is 7.19. The zero-order valence-electron chi connectivity index (χ0n) is 12.8. The van der Waals surface area contributed by atoms with Gasteiger partial charge in [-0.15, -0.1) is 0 Å². The van der Waals surface area contributed by atoms with Crippen molar-refractivity contribution in [3.8, 4) is 0 Å². The average molecular weight is 278 g/mol. The summed E-state index contributed by atoms with van der Waals surface area (Å²) in [6.07, 6.45) is 5.82. The molecule has 1 heterocycles. The summed E-state index contributed by atoms with van der Waals surface area (Å²) in [7, 11) is 0. The molecule has 3 rings (SSSR count). The normalized spacial score (nSPS) is 33.1. The van der Waals surface area contributed by atoms with Gasteiger partial charge in [0.15, 0.2) is 0 Å². The molecule has 2 amide bonds. The molecule has 0 aromatic heterocycles. The maximum atomic E-state index is 12.9. The van der Waals surface area contributed by atoms with Gasteiger partial charge in [-0.3, -0.25) is 9.59 Å². The first kappa shape index (κ1) is 13.9. The molecular formula is C16H26N2O2. The molecule has 1 saturated heterocycles. The molecule has 4 heteroatoms. The Labute approximate surface area is 121 Å². The van der Waals surface area contributed by atoms with E-state index < -0.39 is 0 Å². The molecule has 1 aliphatic heterocycles. The topological polar surface area (TPSA) is 49.4 Å². The summed E-state index contributed by atoms with van der Waals surface area (Å²) >= 11 is 0. The molecule has 3 atom stereocenters. The predicted octanol–water partition coefficient (Wildman–Crippen LogP) is 1.94. The van der Waals surface area contributed by atoms with Crippen LogP contribution >= 0.6 is 0 Å². The summed E-state index contributed by atoms with van der Waals surface area (Å²) in [5.74, 6) is 1.37. The lowest BCUT2D eigenvalue weighted by atomic mass is 9.78. The number of piperazine rings is 1. The summed E-state index contributed by atoms with van der Waals surface area (Å²) in [4.78, 5) is 27.3. The summed E-state index contributed by atoms with van der Waals surface area (Å²) in [6.45, 7) is 6.21. The molecule has 3 unspecified atom stereocenters. The van der Waals surface area contributed by atoms with Gasteiger partial charge >= 0.3 is 0 Å². The molecule has 2 aliphatic carbocycles. The van der Waals surface area contributed by atoms with Crippen LogP contribution < -0.4 is 5.32 Å². The van der Waals surface area contributed by atoms with E-state index in [0.29, 0.717) is 11.8 Å². The second-order valence-electron chi connectivity index (χ2n) is 7.19. The quantitative estimate of drug-likeness (QED) is 0.854. The van der Waals surface area contributed by atoms with Crippen LogP contribution in [-0.2, 0) is 9.59 Å². The van der Waals surface area contributed by atoms with Gasteiger partial charge in [0.1, 0.15) is 12.1 Å². The molecule has 0 aromatic carbocycles. The SMILES string of the molecule is CC(C)C1C(=O)NC(C2CC2)C(=O)N1C(C)C1CCC1. The Bertz CT molecular complexity index is 413. The van der Waals surface area contributed by atoms with Gasteiger partial charge < -0.3 is 10.2 Å². The Morgan fingerprint density at radius 2 is 1.75 bits per heavy atom. The van der Waals surface area contributed by atoms with E-state index >= 15 is 0 Å². The molecule has 112 valence electrons. The Kier molecular flexibility index (Phi) is 3.51. The molecule has 1 N–H and O–H groups in total. The van der Waals surface area contributed by atoms with Gasteiger partial charge in [0.05, 0.1) is 0 Å². The summed E-state index contributed by atoms with van der Waals surface area (Å²) in [6, 6.07) is -0.330. The van der Waals surface area contributed by atoms with Gasteiger partial charge in [-0.1, -0.05) is 20.3 Å².